The molecule has 1 aliphatic heterocycles. The molecule has 0 aromatic heterocycles. The van der Waals surface area contributed by atoms with Crippen LogP contribution in [0.4, 0.5) is 4.79 Å². The van der Waals surface area contributed by atoms with Gasteiger partial charge in [-0.2, -0.15) is 0 Å². The highest BCUT2D eigenvalue weighted by molar-refractivity contribution is 7.80. The van der Waals surface area contributed by atoms with Crippen molar-refractivity contribution in [1.82, 2.24) is 9.80 Å². The van der Waals surface area contributed by atoms with E-state index in [1.807, 2.05) is 6.92 Å². The van der Waals surface area contributed by atoms with Crippen molar-refractivity contribution >= 4 is 23.3 Å². The molecule has 0 aromatic carbocycles. The monoisotopic (exact) mass is 273 g/mol. The standard InChI is InChI=1S/C12H23N3O2S/c1-3-5-10(11(13)18)14-6-8-15(9-7-14)12(16)17-4-2/h10H,3-9H2,1-2H3,(H2,13,18). The van der Waals surface area contributed by atoms with Crippen LogP contribution in [0.25, 0.3) is 0 Å². The third kappa shape index (κ3) is 4.10. The van der Waals surface area contributed by atoms with E-state index in [2.05, 4.69) is 11.8 Å². The summed E-state index contributed by atoms with van der Waals surface area (Å²) >= 11 is 5.12. The molecule has 0 aromatic rings. The summed E-state index contributed by atoms with van der Waals surface area (Å²) < 4.78 is 4.99. The summed E-state index contributed by atoms with van der Waals surface area (Å²) in [4.78, 5) is 16.1. The molecule has 2 N–H and O–H groups in total. The summed E-state index contributed by atoms with van der Waals surface area (Å²) in [5, 5.41) is 0. The fourth-order valence-electron chi connectivity index (χ4n) is 2.21. The number of nitrogens with two attached hydrogens (primary N) is 1. The predicted molar refractivity (Wildman–Crippen MR) is 75.6 cm³/mol. The van der Waals surface area contributed by atoms with E-state index in [0.29, 0.717) is 24.7 Å². The quantitative estimate of drug-likeness (QED) is 0.763. The average molecular weight is 273 g/mol. The fraction of sp³-hybridized carbons (Fsp3) is 0.833. The molecule has 104 valence electrons. The van der Waals surface area contributed by atoms with Gasteiger partial charge < -0.3 is 15.4 Å². The maximum atomic E-state index is 11.6. The van der Waals surface area contributed by atoms with Crippen molar-refractivity contribution in [3.63, 3.8) is 0 Å². The summed E-state index contributed by atoms with van der Waals surface area (Å²) in [6.07, 6.45) is 1.81. The van der Waals surface area contributed by atoms with E-state index < -0.39 is 0 Å². The van der Waals surface area contributed by atoms with Gasteiger partial charge in [0.15, 0.2) is 0 Å². The first kappa shape index (κ1) is 15.2. The third-order valence-electron chi connectivity index (χ3n) is 3.17. The Morgan fingerprint density at radius 3 is 2.39 bits per heavy atom. The van der Waals surface area contributed by atoms with Crippen molar-refractivity contribution in [3.05, 3.63) is 0 Å². The van der Waals surface area contributed by atoms with Crippen LogP contribution in [0.2, 0.25) is 0 Å². The van der Waals surface area contributed by atoms with E-state index in [1.54, 1.807) is 4.90 Å². The van der Waals surface area contributed by atoms with E-state index in [4.69, 9.17) is 22.7 Å². The number of ether oxygens (including phenoxy) is 1. The van der Waals surface area contributed by atoms with Crippen LogP contribution in [0.5, 0.6) is 0 Å². The smallest absolute Gasteiger partial charge is 0.409 e. The number of hydrogen-bond donors (Lipinski definition) is 1. The minimum Gasteiger partial charge on any atom is -0.450 e. The Bertz CT molecular complexity index is 291. The number of hydrogen-bond acceptors (Lipinski definition) is 4. The molecule has 1 aliphatic rings. The van der Waals surface area contributed by atoms with Gasteiger partial charge in [-0.3, -0.25) is 4.90 Å². The molecule has 5 nitrogen and oxygen atoms in total. The first-order valence-electron chi connectivity index (χ1n) is 6.55. The molecule has 1 atom stereocenters. The molecule has 1 rings (SSSR count). The molecule has 0 bridgehead atoms. The van der Waals surface area contributed by atoms with Crippen molar-refractivity contribution in [1.29, 1.82) is 0 Å². The molecule has 1 amide bonds. The van der Waals surface area contributed by atoms with Crippen molar-refractivity contribution in [2.45, 2.75) is 32.7 Å². The zero-order valence-corrected chi connectivity index (χ0v) is 12.0. The highest BCUT2D eigenvalue weighted by Crippen LogP contribution is 2.12. The average Bonchev–Trinajstić information content (AvgIpc) is 2.36. The van der Waals surface area contributed by atoms with Crippen LogP contribution in [0.1, 0.15) is 26.7 Å². The lowest BCUT2D eigenvalue weighted by Crippen LogP contribution is -2.54. The number of rotatable bonds is 5. The maximum absolute atomic E-state index is 11.6. The highest BCUT2D eigenvalue weighted by Gasteiger charge is 2.27. The van der Waals surface area contributed by atoms with Crippen LogP contribution < -0.4 is 5.73 Å². The number of thiocarbonyl (C=S) groups is 1. The molecule has 0 radical (unpaired) electrons. The SMILES string of the molecule is CCCC(C(N)=S)N1CCN(C(=O)OCC)CC1. The second-order valence-electron chi connectivity index (χ2n) is 4.43. The Kier molecular flexibility index (Phi) is 6.35. The summed E-state index contributed by atoms with van der Waals surface area (Å²) in [5.74, 6) is 0. The van der Waals surface area contributed by atoms with Gasteiger partial charge in [0.25, 0.3) is 0 Å². The van der Waals surface area contributed by atoms with Gasteiger partial charge >= 0.3 is 6.09 Å². The van der Waals surface area contributed by atoms with Gasteiger partial charge in [0.2, 0.25) is 0 Å². The van der Waals surface area contributed by atoms with Gasteiger partial charge in [-0.25, -0.2) is 4.79 Å². The van der Waals surface area contributed by atoms with Crippen LogP contribution in [-0.2, 0) is 4.74 Å². The lowest BCUT2D eigenvalue weighted by molar-refractivity contribution is 0.0737. The minimum atomic E-state index is -0.223. The molecule has 0 aliphatic carbocycles. The Hall–Kier alpha value is -0.880. The van der Waals surface area contributed by atoms with Gasteiger partial charge in [0, 0.05) is 26.2 Å². The van der Waals surface area contributed by atoms with E-state index >= 15 is 0 Å². The number of carbonyl (C=O) groups excluding carboxylic acids is 1. The molecular formula is C12H23N3O2S. The second-order valence-corrected chi connectivity index (χ2v) is 4.90. The van der Waals surface area contributed by atoms with Crippen LogP contribution in [-0.4, -0.2) is 59.7 Å². The van der Waals surface area contributed by atoms with Crippen LogP contribution in [0.3, 0.4) is 0 Å². The summed E-state index contributed by atoms with van der Waals surface area (Å²) in [7, 11) is 0. The number of nitrogens with zero attached hydrogens (tertiary/aromatic N) is 2. The van der Waals surface area contributed by atoms with E-state index in [1.165, 1.54) is 0 Å². The van der Waals surface area contributed by atoms with Gasteiger partial charge in [0.05, 0.1) is 17.6 Å². The molecular weight excluding hydrogens is 250 g/mol. The number of carbonyl (C=O) groups is 1. The number of piperazine rings is 1. The van der Waals surface area contributed by atoms with Crippen molar-refractivity contribution in [3.8, 4) is 0 Å². The molecule has 1 saturated heterocycles. The Morgan fingerprint density at radius 1 is 1.33 bits per heavy atom. The second kappa shape index (κ2) is 7.53. The summed E-state index contributed by atoms with van der Waals surface area (Å²) in [6, 6.07) is 0.161. The van der Waals surface area contributed by atoms with Gasteiger partial charge in [-0.05, 0) is 13.3 Å². The normalized spacial score (nSPS) is 18.4. The third-order valence-corrected chi connectivity index (χ3v) is 3.44. The maximum Gasteiger partial charge on any atom is 0.409 e. The lowest BCUT2D eigenvalue weighted by atomic mass is 10.1. The lowest BCUT2D eigenvalue weighted by Gasteiger charge is -2.38. The Labute approximate surface area is 114 Å². The zero-order chi connectivity index (χ0) is 13.5. The fourth-order valence-corrected chi connectivity index (χ4v) is 2.48. The van der Waals surface area contributed by atoms with E-state index in [-0.39, 0.29) is 12.1 Å². The molecule has 1 unspecified atom stereocenters. The molecule has 0 saturated carbocycles. The van der Waals surface area contributed by atoms with E-state index in [0.717, 1.165) is 25.9 Å². The van der Waals surface area contributed by atoms with Gasteiger partial charge in [-0.1, -0.05) is 25.6 Å². The largest absolute Gasteiger partial charge is 0.450 e. The minimum absolute atomic E-state index is 0.161. The van der Waals surface area contributed by atoms with Gasteiger partial charge in [0.1, 0.15) is 0 Å². The van der Waals surface area contributed by atoms with Crippen molar-refractivity contribution in [2.75, 3.05) is 32.8 Å². The Balaban J connectivity index is 2.46. The van der Waals surface area contributed by atoms with Crippen LogP contribution >= 0.6 is 12.2 Å². The van der Waals surface area contributed by atoms with Crippen molar-refractivity contribution in [2.24, 2.45) is 5.73 Å². The zero-order valence-electron chi connectivity index (χ0n) is 11.2. The molecule has 6 heteroatoms. The molecule has 18 heavy (non-hydrogen) atoms. The predicted octanol–water partition coefficient (Wildman–Crippen LogP) is 1.22. The molecule has 1 heterocycles. The highest BCUT2D eigenvalue weighted by atomic mass is 32.1. The summed E-state index contributed by atoms with van der Waals surface area (Å²) in [6.45, 7) is 7.34. The van der Waals surface area contributed by atoms with Gasteiger partial charge in [-0.15, -0.1) is 0 Å². The van der Waals surface area contributed by atoms with Crippen LogP contribution in [0.15, 0.2) is 0 Å². The molecule has 1 fully saturated rings. The van der Waals surface area contributed by atoms with E-state index in [9.17, 15) is 4.79 Å². The first-order chi connectivity index (χ1) is 8.60. The topological polar surface area (TPSA) is 58.8 Å². The Morgan fingerprint density at radius 2 is 1.94 bits per heavy atom. The summed E-state index contributed by atoms with van der Waals surface area (Å²) in [5.41, 5.74) is 5.78. The first-order valence-corrected chi connectivity index (χ1v) is 6.96. The van der Waals surface area contributed by atoms with Crippen molar-refractivity contribution < 1.29 is 9.53 Å². The number of amides is 1. The van der Waals surface area contributed by atoms with Crippen LogP contribution in [0, 0.1) is 0 Å². The molecule has 0 spiro atoms.